The molecule has 1 aromatic heterocycles. The number of carbonyl (C=O) groups is 1. The summed E-state index contributed by atoms with van der Waals surface area (Å²) in [6.07, 6.45) is 0.674. The van der Waals surface area contributed by atoms with E-state index in [1.54, 1.807) is 0 Å². The number of likely N-dealkylation sites (N-methyl/N-ethyl adjacent to an activating group) is 1. The predicted molar refractivity (Wildman–Crippen MR) is 45.7 cm³/mol. The lowest BCUT2D eigenvalue weighted by molar-refractivity contribution is 0.0685. The molecule has 0 spiro atoms. The maximum Gasteiger partial charge on any atom is 0.358 e. The molecule has 0 bridgehead atoms. The highest BCUT2D eigenvalue weighted by molar-refractivity contribution is 5.85. The topological polar surface area (TPSA) is 66.6 Å². The molecule has 1 heterocycles. The molecular weight excluding hydrogens is 172 g/mol. The van der Waals surface area contributed by atoms with Gasteiger partial charge in [0.05, 0.1) is 0 Å². The summed E-state index contributed by atoms with van der Waals surface area (Å²) in [6.45, 7) is 0.814. The van der Waals surface area contributed by atoms with Crippen LogP contribution in [0.3, 0.4) is 0 Å². The van der Waals surface area contributed by atoms with Crippen LogP contribution in [0.15, 0.2) is 10.6 Å². The highest BCUT2D eigenvalue weighted by atomic mass is 16.5. The van der Waals surface area contributed by atoms with Crippen molar-refractivity contribution in [2.45, 2.75) is 6.42 Å². The first kappa shape index (κ1) is 9.73. The Morgan fingerprint density at radius 3 is 2.85 bits per heavy atom. The van der Waals surface area contributed by atoms with Gasteiger partial charge in [-0.05, 0) is 14.1 Å². The van der Waals surface area contributed by atoms with Crippen LogP contribution in [0, 0.1) is 0 Å². The minimum absolute atomic E-state index is 0.0336. The van der Waals surface area contributed by atoms with E-state index in [0.29, 0.717) is 12.2 Å². The van der Waals surface area contributed by atoms with Crippen LogP contribution in [0.2, 0.25) is 0 Å². The second-order valence-corrected chi connectivity index (χ2v) is 3.04. The van der Waals surface area contributed by atoms with E-state index >= 15 is 0 Å². The molecule has 1 aromatic rings. The van der Waals surface area contributed by atoms with Crippen LogP contribution in [0.25, 0.3) is 0 Å². The fourth-order valence-electron chi connectivity index (χ4n) is 0.865. The van der Waals surface area contributed by atoms with E-state index in [1.165, 1.54) is 6.07 Å². The maximum absolute atomic E-state index is 10.4. The number of carboxylic acid groups (broad SMARTS) is 1. The van der Waals surface area contributed by atoms with Gasteiger partial charge in [0.1, 0.15) is 5.76 Å². The Kier molecular flexibility index (Phi) is 3.02. The lowest BCUT2D eigenvalue weighted by atomic mass is 10.3. The van der Waals surface area contributed by atoms with Crippen molar-refractivity contribution < 1.29 is 14.4 Å². The number of rotatable bonds is 4. The number of nitrogens with zero attached hydrogens (tertiary/aromatic N) is 2. The fraction of sp³-hybridized carbons (Fsp3) is 0.500. The van der Waals surface area contributed by atoms with E-state index in [0.717, 1.165) is 6.54 Å². The zero-order valence-corrected chi connectivity index (χ0v) is 7.65. The van der Waals surface area contributed by atoms with E-state index in [4.69, 9.17) is 9.63 Å². The summed E-state index contributed by atoms with van der Waals surface area (Å²) < 4.78 is 4.82. The van der Waals surface area contributed by atoms with Crippen LogP contribution in [0.4, 0.5) is 0 Å². The minimum Gasteiger partial charge on any atom is -0.476 e. The average Bonchev–Trinajstić information content (AvgIpc) is 2.48. The van der Waals surface area contributed by atoms with Gasteiger partial charge in [0.15, 0.2) is 5.69 Å². The van der Waals surface area contributed by atoms with Gasteiger partial charge in [0.2, 0.25) is 0 Å². The van der Waals surface area contributed by atoms with Crippen LogP contribution in [-0.2, 0) is 6.42 Å². The third kappa shape index (κ3) is 2.87. The zero-order valence-electron chi connectivity index (χ0n) is 7.65. The number of aromatic carboxylic acids is 1. The summed E-state index contributed by atoms with van der Waals surface area (Å²) in [6, 6.07) is 1.45. The molecule has 0 radical (unpaired) electrons. The summed E-state index contributed by atoms with van der Waals surface area (Å²) in [5.41, 5.74) is -0.0336. The van der Waals surface area contributed by atoms with E-state index in [-0.39, 0.29) is 5.69 Å². The molecule has 0 unspecified atom stereocenters. The maximum atomic E-state index is 10.4. The van der Waals surface area contributed by atoms with Crippen LogP contribution in [0.1, 0.15) is 16.2 Å². The molecule has 0 aromatic carbocycles. The molecule has 13 heavy (non-hydrogen) atoms. The summed E-state index contributed by atoms with van der Waals surface area (Å²) >= 11 is 0. The Labute approximate surface area is 75.9 Å². The van der Waals surface area contributed by atoms with Gasteiger partial charge in [0, 0.05) is 19.0 Å². The fourth-order valence-corrected chi connectivity index (χ4v) is 0.865. The molecule has 0 fully saturated rings. The van der Waals surface area contributed by atoms with E-state index < -0.39 is 5.97 Å². The normalized spacial score (nSPS) is 10.7. The first-order chi connectivity index (χ1) is 6.09. The van der Waals surface area contributed by atoms with E-state index in [9.17, 15) is 4.79 Å². The smallest absolute Gasteiger partial charge is 0.358 e. The second-order valence-electron chi connectivity index (χ2n) is 3.04. The average molecular weight is 184 g/mol. The minimum atomic E-state index is -1.06. The van der Waals surface area contributed by atoms with Crippen molar-refractivity contribution in [1.82, 2.24) is 10.1 Å². The second kappa shape index (κ2) is 4.04. The van der Waals surface area contributed by atoms with Crippen LogP contribution >= 0.6 is 0 Å². The summed E-state index contributed by atoms with van der Waals surface area (Å²) in [4.78, 5) is 12.4. The van der Waals surface area contributed by atoms with Crippen LogP contribution in [-0.4, -0.2) is 41.8 Å². The van der Waals surface area contributed by atoms with Crippen molar-refractivity contribution in [1.29, 1.82) is 0 Å². The monoisotopic (exact) mass is 184 g/mol. The Morgan fingerprint density at radius 2 is 2.38 bits per heavy atom. The molecule has 0 saturated carbocycles. The van der Waals surface area contributed by atoms with Gasteiger partial charge >= 0.3 is 5.97 Å². The lowest BCUT2D eigenvalue weighted by Crippen LogP contribution is -2.14. The Hall–Kier alpha value is -1.36. The van der Waals surface area contributed by atoms with Crippen LogP contribution in [0.5, 0.6) is 0 Å². The highest BCUT2D eigenvalue weighted by Crippen LogP contribution is 2.04. The molecule has 0 aliphatic heterocycles. The quantitative estimate of drug-likeness (QED) is 0.737. The SMILES string of the molecule is CN(C)CCc1cc(C(=O)O)no1. The number of aromatic nitrogens is 1. The van der Waals surface area contributed by atoms with Gasteiger partial charge in [-0.3, -0.25) is 0 Å². The molecule has 5 nitrogen and oxygen atoms in total. The molecule has 1 rings (SSSR count). The molecule has 0 aliphatic rings. The van der Waals surface area contributed by atoms with Crippen molar-refractivity contribution >= 4 is 5.97 Å². The lowest BCUT2D eigenvalue weighted by Gasteiger charge is -2.05. The Bertz CT molecular complexity index is 293. The third-order valence-corrected chi connectivity index (χ3v) is 1.58. The molecular formula is C8H12N2O3. The Morgan fingerprint density at radius 1 is 1.69 bits per heavy atom. The third-order valence-electron chi connectivity index (χ3n) is 1.58. The van der Waals surface area contributed by atoms with Gasteiger partial charge in [-0.1, -0.05) is 5.16 Å². The van der Waals surface area contributed by atoms with Gasteiger partial charge in [0.25, 0.3) is 0 Å². The van der Waals surface area contributed by atoms with Crippen molar-refractivity contribution in [3.63, 3.8) is 0 Å². The highest BCUT2D eigenvalue weighted by Gasteiger charge is 2.10. The van der Waals surface area contributed by atoms with Crippen molar-refractivity contribution in [3.8, 4) is 0 Å². The molecule has 0 amide bonds. The van der Waals surface area contributed by atoms with E-state index in [2.05, 4.69) is 5.16 Å². The van der Waals surface area contributed by atoms with E-state index in [1.807, 2.05) is 19.0 Å². The molecule has 72 valence electrons. The van der Waals surface area contributed by atoms with Gasteiger partial charge < -0.3 is 14.5 Å². The van der Waals surface area contributed by atoms with Crippen LogP contribution < -0.4 is 0 Å². The molecule has 0 aliphatic carbocycles. The van der Waals surface area contributed by atoms with Gasteiger partial charge in [-0.2, -0.15) is 0 Å². The van der Waals surface area contributed by atoms with Gasteiger partial charge in [-0.25, -0.2) is 4.79 Å². The molecule has 0 saturated heterocycles. The van der Waals surface area contributed by atoms with Gasteiger partial charge in [-0.15, -0.1) is 0 Å². The molecule has 0 atom stereocenters. The zero-order chi connectivity index (χ0) is 9.84. The van der Waals surface area contributed by atoms with Crippen molar-refractivity contribution in [3.05, 3.63) is 17.5 Å². The van der Waals surface area contributed by atoms with Crippen molar-refractivity contribution in [2.75, 3.05) is 20.6 Å². The standard InChI is InChI=1S/C8H12N2O3/c1-10(2)4-3-6-5-7(8(11)12)9-13-6/h5H,3-4H2,1-2H3,(H,11,12). The molecule has 1 N–H and O–H groups in total. The number of hydrogen-bond acceptors (Lipinski definition) is 4. The first-order valence-corrected chi connectivity index (χ1v) is 3.93. The number of hydrogen-bond donors (Lipinski definition) is 1. The summed E-state index contributed by atoms with van der Waals surface area (Å²) in [7, 11) is 3.88. The first-order valence-electron chi connectivity index (χ1n) is 3.93. The molecule has 5 heteroatoms. The summed E-state index contributed by atoms with van der Waals surface area (Å²) in [5.74, 6) is -0.453. The predicted octanol–water partition coefficient (Wildman–Crippen LogP) is 0.477. The number of carboxylic acids is 1. The Balaban J connectivity index is 2.54. The largest absolute Gasteiger partial charge is 0.476 e. The van der Waals surface area contributed by atoms with Crippen molar-refractivity contribution in [2.24, 2.45) is 0 Å². The summed E-state index contributed by atoms with van der Waals surface area (Å²) in [5, 5.41) is 11.9.